The topological polar surface area (TPSA) is 56.5 Å². The second-order valence-corrected chi connectivity index (χ2v) is 5.52. The molecule has 0 radical (unpaired) electrons. The molecule has 1 atom stereocenters. The van der Waals surface area contributed by atoms with Crippen molar-refractivity contribution in [1.82, 2.24) is 5.32 Å². The van der Waals surface area contributed by atoms with E-state index < -0.39 is 0 Å². The average molecular weight is 276 g/mol. The fourth-order valence-electron chi connectivity index (χ4n) is 2.04. The van der Waals surface area contributed by atoms with Crippen LogP contribution in [-0.2, 0) is 6.54 Å². The van der Waals surface area contributed by atoms with Crippen molar-refractivity contribution in [3.8, 4) is 11.5 Å². The van der Waals surface area contributed by atoms with Gasteiger partial charge in [-0.05, 0) is 36.1 Å². The molecular formula is C14H16N2O2S. The van der Waals surface area contributed by atoms with Crippen LogP contribution in [0.3, 0.4) is 0 Å². The van der Waals surface area contributed by atoms with Crippen LogP contribution in [0, 0.1) is 0 Å². The molecular weight excluding hydrogens is 260 g/mol. The number of ether oxygens (including phenoxy) is 2. The zero-order valence-corrected chi connectivity index (χ0v) is 11.5. The van der Waals surface area contributed by atoms with E-state index in [2.05, 4.69) is 18.3 Å². The van der Waals surface area contributed by atoms with Crippen LogP contribution >= 0.6 is 11.3 Å². The lowest BCUT2D eigenvalue weighted by molar-refractivity contribution is 0.174. The number of nitrogen functional groups attached to an aromatic ring is 1. The molecule has 1 aromatic heterocycles. The van der Waals surface area contributed by atoms with Crippen molar-refractivity contribution in [3.63, 3.8) is 0 Å². The smallest absolute Gasteiger partial charge is 0.231 e. The van der Waals surface area contributed by atoms with Crippen molar-refractivity contribution in [1.29, 1.82) is 0 Å². The number of hydrogen-bond acceptors (Lipinski definition) is 5. The normalized spacial score (nSPS) is 14.6. The van der Waals surface area contributed by atoms with Gasteiger partial charge in [-0.3, -0.25) is 0 Å². The number of hydrogen-bond donors (Lipinski definition) is 2. The zero-order valence-electron chi connectivity index (χ0n) is 10.7. The Bertz CT molecular complexity index is 583. The molecule has 1 aliphatic heterocycles. The minimum absolute atomic E-state index is 0.232. The van der Waals surface area contributed by atoms with Crippen LogP contribution in [0.15, 0.2) is 29.6 Å². The van der Waals surface area contributed by atoms with Gasteiger partial charge in [-0.1, -0.05) is 6.07 Å². The van der Waals surface area contributed by atoms with E-state index in [4.69, 9.17) is 15.2 Å². The molecule has 0 aliphatic carbocycles. The second kappa shape index (κ2) is 5.11. The highest BCUT2D eigenvalue weighted by Crippen LogP contribution is 2.34. The Hall–Kier alpha value is -1.72. The molecule has 1 aromatic carbocycles. The summed E-state index contributed by atoms with van der Waals surface area (Å²) in [7, 11) is 0. The van der Waals surface area contributed by atoms with Gasteiger partial charge in [0, 0.05) is 23.2 Å². The summed E-state index contributed by atoms with van der Waals surface area (Å²) in [6, 6.07) is 8.21. The van der Waals surface area contributed by atoms with Gasteiger partial charge >= 0.3 is 0 Å². The average Bonchev–Trinajstić information content (AvgIpc) is 3.03. The van der Waals surface area contributed by atoms with Crippen molar-refractivity contribution in [2.24, 2.45) is 0 Å². The molecule has 0 amide bonds. The fourth-order valence-corrected chi connectivity index (χ4v) is 2.79. The van der Waals surface area contributed by atoms with Gasteiger partial charge < -0.3 is 20.5 Å². The predicted molar refractivity (Wildman–Crippen MR) is 76.6 cm³/mol. The van der Waals surface area contributed by atoms with Gasteiger partial charge in [-0.15, -0.1) is 11.3 Å². The maximum absolute atomic E-state index is 5.87. The summed E-state index contributed by atoms with van der Waals surface area (Å²) < 4.78 is 10.7. The van der Waals surface area contributed by atoms with Crippen LogP contribution in [-0.4, -0.2) is 6.79 Å². The highest BCUT2D eigenvalue weighted by atomic mass is 32.1. The van der Waals surface area contributed by atoms with E-state index in [-0.39, 0.29) is 6.04 Å². The molecule has 3 rings (SSSR count). The minimum Gasteiger partial charge on any atom is -0.454 e. The van der Waals surface area contributed by atoms with Crippen molar-refractivity contribution in [2.75, 3.05) is 12.5 Å². The summed E-state index contributed by atoms with van der Waals surface area (Å²) in [4.78, 5) is 1.17. The molecule has 100 valence electrons. The van der Waals surface area contributed by atoms with Crippen LogP contribution in [0.1, 0.15) is 23.4 Å². The second-order valence-electron chi connectivity index (χ2n) is 4.51. The molecule has 19 heavy (non-hydrogen) atoms. The summed E-state index contributed by atoms with van der Waals surface area (Å²) in [5.74, 6) is 1.64. The van der Waals surface area contributed by atoms with Crippen molar-refractivity contribution in [2.45, 2.75) is 19.5 Å². The van der Waals surface area contributed by atoms with Gasteiger partial charge in [-0.2, -0.15) is 0 Å². The van der Waals surface area contributed by atoms with E-state index in [1.807, 2.05) is 23.6 Å². The van der Waals surface area contributed by atoms with Gasteiger partial charge in [0.1, 0.15) is 0 Å². The third kappa shape index (κ3) is 2.52. The van der Waals surface area contributed by atoms with Crippen molar-refractivity contribution < 1.29 is 9.47 Å². The molecule has 0 saturated carbocycles. The zero-order chi connectivity index (χ0) is 13.2. The quantitative estimate of drug-likeness (QED) is 0.901. The van der Waals surface area contributed by atoms with Gasteiger partial charge in [0.05, 0.1) is 0 Å². The lowest BCUT2D eigenvalue weighted by atomic mass is 10.1. The van der Waals surface area contributed by atoms with Crippen LogP contribution in [0.4, 0.5) is 5.69 Å². The van der Waals surface area contributed by atoms with E-state index >= 15 is 0 Å². The van der Waals surface area contributed by atoms with Crippen molar-refractivity contribution in [3.05, 3.63) is 40.1 Å². The number of anilines is 1. The lowest BCUT2D eigenvalue weighted by Gasteiger charge is -2.14. The van der Waals surface area contributed by atoms with E-state index in [0.717, 1.165) is 23.7 Å². The summed E-state index contributed by atoms with van der Waals surface area (Å²) in [5, 5.41) is 5.48. The molecule has 1 unspecified atom stereocenters. The first-order valence-corrected chi connectivity index (χ1v) is 7.07. The van der Waals surface area contributed by atoms with Gasteiger partial charge in [0.25, 0.3) is 0 Å². The number of nitrogens with two attached hydrogens (primary N) is 1. The standard InChI is InChI=1S/C14H16N2O2S/c1-9(16-7-14-11(15)4-5-19-14)10-2-3-12-13(6-10)18-8-17-12/h2-6,9,16H,7-8,15H2,1H3. The van der Waals surface area contributed by atoms with Crippen LogP contribution < -0.4 is 20.5 Å². The largest absolute Gasteiger partial charge is 0.454 e. The van der Waals surface area contributed by atoms with Crippen LogP contribution in [0.25, 0.3) is 0 Å². The third-order valence-electron chi connectivity index (χ3n) is 3.25. The first-order valence-electron chi connectivity index (χ1n) is 6.19. The molecule has 0 fully saturated rings. The molecule has 0 bridgehead atoms. The maximum atomic E-state index is 5.87. The van der Waals surface area contributed by atoms with E-state index in [1.165, 1.54) is 10.4 Å². The SMILES string of the molecule is CC(NCc1sccc1N)c1ccc2c(c1)OCO2. The van der Waals surface area contributed by atoms with E-state index in [1.54, 1.807) is 11.3 Å². The Morgan fingerprint density at radius 3 is 2.95 bits per heavy atom. The first-order chi connectivity index (χ1) is 9.24. The summed E-state index contributed by atoms with van der Waals surface area (Å²) in [5.41, 5.74) is 7.91. The molecule has 5 heteroatoms. The monoisotopic (exact) mass is 276 g/mol. The Kier molecular flexibility index (Phi) is 3.31. The van der Waals surface area contributed by atoms with Crippen LogP contribution in [0.2, 0.25) is 0 Å². The first kappa shape index (κ1) is 12.3. The maximum Gasteiger partial charge on any atom is 0.231 e. The highest BCUT2D eigenvalue weighted by molar-refractivity contribution is 7.10. The molecule has 1 aliphatic rings. The van der Waals surface area contributed by atoms with Gasteiger partial charge in [-0.25, -0.2) is 0 Å². The number of thiophene rings is 1. The highest BCUT2D eigenvalue weighted by Gasteiger charge is 2.15. The minimum atomic E-state index is 0.232. The fraction of sp³-hybridized carbons (Fsp3) is 0.286. The van der Waals surface area contributed by atoms with Gasteiger partial charge in [0.2, 0.25) is 6.79 Å². The Balaban J connectivity index is 1.67. The molecule has 4 nitrogen and oxygen atoms in total. The predicted octanol–water partition coefficient (Wildman–Crippen LogP) is 2.91. The molecule has 3 N–H and O–H groups in total. The molecule has 0 spiro atoms. The number of nitrogens with one attached hydrogen (secondary N) is 1. The van der Waals surface area contributed by atoms with E-state index in [9.17, 15) is 0 Å². The van der Waals surface area contributed by atoms with Crippen molar-refractivity contribution >= 4 is 17.0 Å². The summed E-state index contributed by atoms with van der Waals surface area (Å²) in [6.07, 6.45) is 0. The Morgan fingerprint density at radius 1 is 1.32 bits per heavy atom. The lowest BCUT2D eigenvalue weighted by Crippen LogP contribution is -2.17. The summed E-state index contributed by atoms with van der Waals surface area (Å²) in [6.45, 7) is 3.22. The molecule has 0 saturated heterocycles. The Morgan fingerprint density at radius 2 is 2.16 bits per heavy atom. The number of benzene rings is 1. The van der Waals surface area contributed by atoms with E-state index in [0.29, 0.717) is 6.79 Å². The summed E-state index contributed by atoms with van der Waals surface area (Å²) >= 11 is 1.67. The third-order valence-corrected chi connectivity index (χ3v) is 4.18. The molecule has 2 heterocycles. The molecule has 2 aromatic rings. The van der Waals surface area contributed by atoms with Crippen LogP contribution in [0.5, 0.6) is 11.5 Å². The van der Waals surface area contributed by atoms with Gasteiger partial charge in [0.15, 0.2) is 11.5 Å². The number of fused-ring (bicyclic) bond motifs is 1. The number of rotatable bonds is 4. The Labute approximate surface area is 116 Å².